The lowest BCUT2D eigenvalue weighted by molar-refractivity contribution is -0.114. The van der Waals surface area contributed by atoms with Crippen molar-refractivity contribution in [1.29, 1.82) is 0 Å². The predicted molar refractivity (Wildman–Crippen MR) is 162 cm³/mol. The van der Waals surface area contributed by atoms with E-state index in [-0.39, 0.29) is 26.9 Å². The summed E-state index contributed by atoms with van der Waals surface area (Å²) >= 11 is 0. The Labute approximate surface area is 246 Å². The zero-order valence-electron chi connectivity index (χ0n) is 23.5. The first kappa shape index (κ1) is 30.4. The fourth-order valence-electron chi connectivity index (χ4n) is 4.23. The van der Waals surface area contributed by atoms with Crippen LogP contribution in [0, 0.1) is 13.8 Å². The molecule has 0 aliphatic carbocycles. The zero-order chi connectivity index (χ0) is 30.5. The standard InChI is InChI=1S/C30H31N3O7S2/c1-21-9-8-10-22(2)30(21)32-41(35,36)25-16-13-23(14-17-25)31-29(34)20-33(42(37,38)26-11-6-5-7-12-26)27-18-15-24(39-3)19-28(27)40-4/h5-19,32H,20H2,1-4H3,(H,31,34). The Morgan fingerprint density at radius 3 is 2.00 bits per heavy atom. The summed E-state index contributed by atoms with van der Waals surface area (Å²) in [5, 5.41) is 2.65. The summed E-state index contributed by atoms with van der Waals surface area (Å²) in [7, 11) is -5.23. The molecule has 0 aliphatic heterocycles. The van der Waals surface area contributed by atoms with E-state index in [1.54, 1.807) is 24.3 Å². The number of sulfonamides is 2. The van der Waals surface area contributed by atoms with Crippen molar-refractivity contribution in [3.8, 4) is 11.5 Å². The second-order valence-corrected chi connectivity index (χ2v) is 12.9. The molecular weight excluding hydrogens is 578 g/mol. The number of para-hydroxylation sites is 1. The second-order valence-electron chi connectivity index (χ2n) is 9.31. The highest BCUT2D eigenvalue weighted by molar-refractivity contribution is 7.93. The fraction of sp³-hybridized carbons (Fsp3) is 0.167. The van der Waals surface area contributed by atoms with Gasteiger partial charge in [-0.2, -0.15) is 0 Å². The Hall–Kier alpha value is -4.55. The number of carbonyl (C=O) groups excluding carboxylic acids is 1. The van der Waals surface area contributed by atoms with Crippen molar-refractivity contribution in [1.82, 2.24) is 0 Å². The van der Waals surface area contributed by atoms with Gasteiger partial charge in [0.15, 0.2) is 0 Å². The monoisotopic (exact) mass is 609 g/mol. The summed E-state index contributed by atoms with van der Waals surface area (Å²) in [6.45, 7) is 3.03. The molecule has 0 heterocycles. The summed E-state index contributed by atoms with van der Waals surface area (Å²) < 4.78 is 67.6. The summed E-state index contributed by atoms with van der Waals surface area (Å²) in [6.07, 6.45) is 0. The maximum atomic E-state index is 13.7. The van der Waals surface area contributed by atoms with Crippen LogP contribution in [0.5, 0.6) is 11.5 Å². The third-order valence-electron chi connectivity index (χ3n) is 6.44. The molecule has 0 aromatic heterocycles. The number of carbonyl (C=O) groups is 1. The molecule has 12 heteroatoms. The summed E-state index contributed by atoms with van der Waals surface area (Å²) in [4.78, 5) is 13.2. The predicted octanol–water partition coefficient (Wildman–Crippen LogP) is 4.96. The number of nitrogens with one attached hydrogen (secondary N) is 2. The molecule has 220 valence electrons. The number of methoxy groups -OCH3 is 2. The highest BCUT2D eigenvalue weighted by Gasteiger charge is 2.30. The average Bonchev–Trinajstić information content (AvgIpc) is 2.98. The normalized spacial score (nSPS) is 11.4. The molecule has 0 bridgehead atoms. The first-order valence-electron chi connectivity index (χ1n) is 12.7. The third kappa shape index (κ3) is 6.67. The molecule has 4 rings (SSSR count). The van der Waals surface area contributed by atoms with E-state index < -0.39 is 32.5 Å². The Bertz CT molecular complexity index is 1770. The Kier molecular flexibility index (Phi) is 9.08. The highest BCUT2D eigenvalue weighted by atomic mass is 32.2. The van der Waals surface area contributed by atoms with E-state index in [4.69, 9.17) is 9.47 Å². The lowest BCUT2D eigenvalue weighted by atomic mass is 10.1. The van der Waals surface area contributed by atoms with E-state index in [0.29, 0.717) is 11.4 Å². The highest BCUT2D eigenvalue weighted by Crippen LogP contribution is 2.35. The lowest BCUT2D eigenvalue weighted by Gasteiger charge is -2.26. The van der Waals surface area contributed by atoms with Crippen LogP contribution in [0.4, 0.5) is 17.1 Å². The number of aryl methyl sites for hydroxylation is 2. The molecule has 10 nitrogen and oxygen atoms in total. The number of hydrogen-bond acceptors (Lipinski definition) is 7. The molecule has 2 N–H and O–H groups in total. The Morgan fingerprint density at radius 1 is 0.762 bits per heavy atom. The minimum Gasteiger partial charge on any atom is -0.497 e. The van der Waals surface area contributed by atoms with Gasteiger partial charge in [0.05, 0.1) is 35.4 Å². The van der Waals surface area contributed by atoms with E-state index in [0.717, 1.165) is 15.4 Å². The largest absolute Gasteiger partial charge is 0.497 e. The Balaban J connectivity index is 1.58. The van der Waals surface area contributed by atoms with E-state index in [1.807, 2.05) is 32.0 Å². The summed E-state index contributed by atoms with van der Waals surface area (Å²) in [6, 6.07) is 23.3. The van der Waals surface area contributed by atoms with Crippen LogP contribution in [0.25, 0.3) is 0 Å². The van der Waals surface area contributed by atoms with Crippen LogP contribution in [-0.4, -0.2) is 43.5 Å². The molecule has 0 spiro atoms. The quantitative estimate of drug-likeness (QED) is 0.246. The van der Waals surface area contributed by atoms with E-state index >= 15 is 0 Å². The summed E-state index contributed by atoms with van der Waals surface area (Å²) in [5.74, 6) is -0.0246. The van der Waals surface area contributed by atoms with Gasteiger partial charge in [-0.3, -0.25) is 13.8 Å². The average molecular weight is 610 g/mol. The molecule has 42 heavy (non-hydrogen) atoms. The molecule has 4 aromatic rings. The van der Waals surface area contributed by atoms with Gasteiger partial charge in [0.1, 0.15) is 18.0 Å². The van der Waals surface area contributed by atoms with Crippen LogP contribution in [0.2, 0.25) is 0 Å². The van der Waals surface area contributed by atoms with Crippen LogP contribution in [0.15, 0.2) is 101 Å². The molecule has 0 aliphatic rings. The van der Waals surface area contributed by atoms with Gasteiger partial charge in [-0.05, 0) is 73.5 Å². The molecule has 1 amide bonds. The SMILES string of the molecule is COc1ccc(N(CC(=O)Nc2ccc(S(=O)(=O)Nc3c(C)cccc3C)cc2)S(=O)(=O)c2ccccc2)c(OC)c1. The molecule has 0 fully saturated rings. The smallest absolute Gasteiger partial charge is 0.264 e. The molecule has 0 radical (unpaired) electrons. The van der Waals surface area contributed by atoms with Crippen LogP contribution >= 0.6 is 0 Å². The van der Waals surface area contributed by atoms with Crippen molar-refractivity contribution in [3.05, 3.63) is 102 Å². The maximum absolute atomic E-state index is 13.7. The van der Waals surface area contributed by atoms with Gasteiger partial charge in [0, 0.05) is 11.8 Å². The van der Waals surface area contributed by atoms with Crippen molar-refractivity contribution in [2.45, 2.75) is 23.6 Å². The van der Waals surface area contributed by atoms with E-state index in [1.165, 1.54) is 62.8 Å². The first-order chi connectivity index (χ1) is 20.0. The topological polar surface area (TPSA) is 131 Å². The minimum absolute atomic E-state index is 0.000553. The van der Waals surface area contributed by atoms with Crippen molar-refractivity contribution in [3.63, 3.8) is 0 Å². The molecule has 0 atom stereocenters. The molecule has 0 saturated heterocycles. The number of amides is 1. The van der Waals surface area contributed by atoms with Crippen LogP contribution in [-0.2, 0) is 24.8 Å². The van der Waals surface area contributed by atoms with Crippen molar-refractivity contribution in [2.75, 3.05) is 35.1 Å². The van der Waals surface area contributed by atoms with E-state index in [9.17, 15) is 21.6 Å². The number of hydrogen-bond donors (Lipinski definition) is 2. The molecule has 0 unspecified atom stereocenters. The maximum Gasteiger partial charge on any atom is 0.264 e. The van der Waals surface area contributed by atoms with Crippen molar-refractivity contribution >= 4 is 43.0 Å². The van der Waals surface area contributed by atoms with Crippen molar-refractivity contribution in [2.24, 2.45) is 0 Å². The second kappa shape index (κ2) is 12.5. The van der Waals surface area contributed by atoms with Gasteiger partial charge in [-0.15, -0.1) is 0 Å². The van der Waals surface area contributed by atoms with Gasteiger partial charge < -0.3 is 14.8 Å². The molecule has 0 saturated carbocycles. The van der Waals surface area contributed by atoms with Crippen LogP contribution in [0.3, 0.4) is 0 Å². The van der Waals surface area contributed by atoms with Gasteiger partial charge in [0.25, 0.3) is 20.0 Å². The van der Waals surface area contributed by atoms with Gasteiger partial charge >= 0.3 is 0 Å². The molecular formula is C30H31N3O7S2. The molecule has 4 aromatic carbocycles. The number of nitrogens with zero attached hydrogens (tertiary/aromatic N) is 1. The van der Waals surface area contributed by atoms with Gasteiger partial charge in [-0.25, -0.2) is 16.8 Å². The van der Waals surface area contributed by atoms with Crippen LogP contribution in [0.1, 0.15) is 11.1 Å². The minimum atomic E-state index is -4.19. The number of ether oxygens (including phenoxy) is 2. The number of benzene rings is 4. The Morgan fingerprint density at radius 2 is 1.40 bits per heavy atom. The lowest BCUT2D eigenvalue weighted by Crippen LogP contribution is -2.38. The number of rotatable bonds is 11. The van der Waals surface area contributed by atoms with E-state index in [2.05, 4.69) is 10.0 Å². The first-order valence-corrected chi connectivity index (χ1v) is 15.7. The van der Waals surface area contributed by atoms with Crippen LogP contribution < -0.4 is 23.8 Å². The van der Waals surface area contributed by atoms with Gasteiger partial charge in [0.2, 0.25) is 5.91 Å². The summed E-state index contributed by atoms with van der Waals surface area (Å²) in [5.41, 5.74) is 2.49. The number of anilines is 3. The van der Waals surface area contributed by atoms with Crippen molar-refractivity contribution < 1.29 is 31.1 Å². The zero-order valence-corrected chi connectivity index (χ0v) is 25.1. The van der Waals surface area contributed by atoms with Gasteiger partial charge in [-0.1, -0.05) is 36.4 Å². The fourth-order valence-corrected chi connectivity index (χ4v) is 6.88. The third-order valence-corrected chi connectivity index (χ3v) is 9.58.